The Kier molecular flexibility index (Phi) is 5.61. The van der Waals surface area contributed by atoms with Crippen molar-refractivity contribution in [1.29, 1.82) is 0 Å². The van der Waals surface area contributed by atoms with Gasteiger partial charge in [-0.05, 0) is 40.5 Å². The van der Waals surface area contributed by atoms with Crippen LogP contribution in [-0.4, -0.2) is 17.2 Å². The summed E-state index contributed by atoms with van der Waals surface area (Å²) in [6, 6.07) is 17.5. The van der Waals surface area contributed by atoms with Crippen LogP contribution in [0.15, 0.2) is 77.8 Å². The van der Waals surface area contributed by atoms with Crippen LogP contribution in [-0.2, 0) is 15.8 Å². The van der Waals surface area contributed by atoms with Crippen molar-refractivity contribution >= 4 is 17.7 Å². The van der Waals surface area contributed by atoms with Gasteiger partial charge in [0.2, 0.25) is 6.08 Å². The summed E-state index contributed by atoms with van der Waals surface area (Å²) in [6.45, 7) is 0. The molecule has 0 saturated heterocycles. The smallest absolute Gasteiger partial charge is 0.416 e. The molecule has 0 fully saturated rings. The highest BCUT2D eigenvalue weighted by Gasteiger charge is 2.30. The third-order valence-electron chi connectivity index (χ3n) is 4.45. The lowest BCUT2D eigenvalue weighted by atomic mass is 9.89. The second-order valence-corrected chi connectivity index (χ2v) is 6.23. The van der Waals surface area contributed by atoms with E-state index in [1.165, 1.54) is 24.3 Å². The lowest BCUT2D eigenvalue weighted by Gasteiger charge is -2.15. The van der Waals surface area contributed by atoms with E-state index in [-0.39, 0.29) is 5.69 Å². The van der Waals surface area contributed by atoms with Crippen LogP contribution in [0.1, 0.15) is 22.6 Å². The fourth-order valence-corrected chi connectivity index (χ4v) is 3.06. The molecule has 0 aromatic heterocycles. The molecule has 0 amide bonds. The monoisotopic (exact) mass is 397 g/mol. The summed E-state index contributed by atoms with van der Waals surface area (Å²) in [4.78, 5) is 26.1. The number of carbonyl (C=O) groups excluding carboxylic acids is 1. The number of carboxylic acids is 1. The van der Waals surface area contributed by atoms with Crippen molar-refractivity contribution in [3.05, 3.63) is 89.5 Å². The highest BCUT2D eigenvalue weighted by Crippen LogP contribution is 2.34. The summed E-state index contributed by atoms with van der Waals surface area (Å²) in [7, 11) is 0. The van der Waals surface area contributed by atoms with Crippen molar-refractivity contribution in [1.82, 2.24) is 0 Å². The molecule has 0 radical (unpaired) electrons. The van der Waals surface area contributed by atoms with Crippen LogP contribution in [0.5, 0.6) is 0 Å². The van der Waals surface area contributed by atoms with Gasteiger partial charge in [-0.3, -0.25) is 4.79 Å². The minimum atomic E-state index is -4.41. The third-order valence-corrected chi connectivity index (χ3v) is 4.45. The van der Waals surface area contributed by atoms with Crippen LogP contribution >= 0.6 is 0 Å². The number of benzene rings is 3. The Morgan fingerprint density at radius 3 is 1.97 bits per heavy atom. The minimum absolute atomic E-state index is 0.210. The Morgan fingerprint density at radius 1 is 0.897 bits per heavy atom. The van der Waals surface area contributed by atoms with Gasteiger partial charge in [-0.2, -0.15) is 18.2 Å². The zero-order valence-corrected chi connectivity index (χ0v) is 14.9. The predicted octanol–water partition coefficient (Wildman–Crippen LogP) is 5.56. The first kappa shape index (κ1) is 20.0. The maximum absolute atomic E-state index is 12.7. The fraction of sp³-hybridized carbons (Fsp3) is 0.0909. The molecule has 3 aromatic carbocycles. The van der Waals surface area contributed by atoms with Gasteiger partial charge in [-0.25, -0.2) is 4.79 Å². The van der Waals surface area contributed by atoms with Crippen LogP contribution in [0.25, 0.3) is 11.1 Å². The van der Waals surface area contributed by atoms with E-state index < -0.39 is 23.6 Å². The van der Waals surface area contributed by atoms with Crippen LogP contribution in [0, 0.1) is 0 Å². The number of hydrogen-bond acceptors (Lipinski definition) is 3. The average molecular weight is 397 g/mol. The maximum Gasteiger partial charge on any atom is 0.416 e. The second-order valence-electron chi connectivity index (χ2n) is 6.23. The number of rotatable bonds is 5. The normalized spacial score (nSPS) is 12.1. The quantitative estimate of drug-likeness (QED) is 0.453. The highest BCUT2D eigenvalue weighted by molar-refractivity contribution is 5.83. The number of isocyanates is 1. The maximum atomic E-state index is 12.7. The molecule has 1 N–H and O–H groups in total. The van der Waals surface area contributed by atoms with Gasteiger partial charge < -0.3 is 5.11 Å². The zero-order valence-electron chi connectivity index (χ0n) is 14.9. The number of aliphatic imine (C=N–C) groups is 1. The molecule has 1 atom stereocenters. The molecule has 146 valence electrons. The Bertz CT molecular complexity index is 1070. The Labute approximate surface area is 164 Å². The van der Waals surface area contributed by atoms with Gasteiger partial charge in [-0.1, -0.05) is 54.6 Å². The number of carbonyl (C=O) groups is 1. The van der Waals surface area contributed by atoms with Crippen molar-refractivity contribution < 1.29 is 27.9 Å². The van der Waals surface area contributed by atoms with Gasteiger partial charge >= 0.3 is 12.1 Å². The van der Waals surface area contributed by atoms with Crippen molar-refractivity contribution in [2.24, 2.45) is 4.99 Å². The van der Waals surface area contributed by atoms with E-state index in [1.54, 1.807) is 42.5 Å². The number of halogens is 3. The van der Waals surface area contributed by atoms with Gasteiger partial charge in [0.15, 0.2) is 0 Å². The molecular weight excluding hydrogens is 383 g/mol. The van der Waals surface area contributed by atoms with E-state index in [0.717, 1.165) is 12.1 Å². The number of nitrogens with zero attached hydrogens (tertiary/aromatic N) is 1. The van der Waals surface area contributed by atoms with Gasteiger partial charge in [0.05, 0.1) is 11.3 Å². The molecule has 0 spiro atoms. The third kappa shape index (κ3) is 4.42. The summed E-state index contributed by atoms with van der Waals surface area (Å²) >= 11 is 0. The zero-order chi connectivity index (χ0) is 21.0. The van der Waals surface area contributed by atoms with Crippen molar-refractivity contribution in [2.45, 2.75) is 12.1 Å². The molecule has 0 aliphatic rings. The topological polar surface area (TPSA) is 66.7 Å². The molecule has 7 heteroatoms. The molecular formula is C22H14F3NO3. The number of hydrogen-bond donors (Lipinski definition) is 1. The van der Waals surface area contributed by atoms with Gasteiger partial charge in [-0.15, -0.1) is 0 Å². The molecule has 0 saturated carbocycles. The molecule has 29 heavy (non-hydrogen) atoms. The predicted molar refractivity (Wildman–Crippen MR) is 101 cm³/mol. The molecule has 0 bridgehead atoms. The van der Waals surface area contributed by atoms with Crippen molar-refractivity contribution in [3.63, 3.8) is 0 Å². The van der Waals surface area contributed by atoms with Crippen LogP contribution in [0.2, 0.25) is 0 Å². The summed E-state index contributed by atoms with van der Waals surface area (Å²) in [5.41, 5.74) is 1.47. The number of alkyl halides is 3. The Hall–Kier alpha value is -3.70. The standard InChI is InChI=1S/C22H14F3NO3/c23-22(24,25)17-11-9-15(10-12-17)14-5-7-16(8-6-14)20(21(28)29)18-3-1-2-4-19(18)26-13-27/h1-12,20H,(H,28,29). The average Bonchev–Trinajstić information content (AvgIpc) is 2.69. The Morgan fingerprint density at radius 2 is 1.45 bits per heavy atom. The summed E-state index contributed by atoms with van der Waals surface area (Å²) < 4.78 is 38.1. The summed E-state index contributed by atoms with van der Waals surface area (Å²) in [5, 5.41) is 9.72. The Balaban J connectivity index is 1.96. The summed E-state index contributed by atoms with van der Waals surface area (Å²) in [5.74, 6) is -2.19. The van der Waals surface area contributed by atoms with Gasteiger partial charge in [0, 0.05) is 0 Å². The molecule has 3 rings (SSSR count). The number of para-hydroxylation sites is 1. The van der Waals surface area contributed by atoms with Crippen LogP contribution in [0.4, 0.5) is 18.9 Å². The SMILES string of the molecule is O=C=Nc1ccccc1C(C(=O)O)c1ccc(-c2ccc(C(F)(F)F)cc2)cc1. The van der Waals surface area contributed by atoms with Crippen LogP contribution in [0.3, 0.4) is 0 Å². The number of carboxylic acid groups (broad SMARTS) is 1. The molecule has 0 heterocycles. The van der Waals surface area contributed by atoms with Crippen molar-refractivity contribution in [2.75, 3.05) is 0 Å². The lowest BCUT2D eigenvalue weighted by Crippen LogP contribution is -2.13. The lowest BCUT2D eigenvalue weighted by molar-refractivity contribution is -0.138. The first-order valence-corrected chi connectivity index (χ1v) is 8.48. The van der Waals surface area contributed by atoms with E-state index in [4.69, 9.17) is 0 Å². The van der Waals surface area contributed by atoms with E-state index in [1.807, 2.05) is 0 Å². The first-order valence-electron chi connectivity index (χ1n) is 8.48. The summed E-state index contributed by atoms with van der Waals surface area (Å²) in [6.07, 6.45) is -2.99. The molecule has 0 aliphatic carbocycles. The highest BCUT2D eigenvalue weighted by atomic mass is 19.4. The molecule has 4 nitrogen and oxygen atoms in total. The van der Waals surface area contributed by atoms with E-state index >= 15 is 0 Å². The van der Waals surface area contributed by atoms with E-state index in [0.29, 0.717) is 22.3 Å². The largest absolute Gasteiger partial charge is 0.481 e. The number of aliphatic carboxylic acids is 1. The molecule has 1 unspecified atom stereocenters. The van der Waals surface area contributed by atoms with Gasteiger partial charge in [0.1, 0.15) is 5.92 Å². The first-order chi connectivity index (χ1) is 13.8. The van der Waals surface area contributed by atoms with Gasteiger partial charge in [0.25, 0.3) is 0 Å². The van der Waals surface area contributed by atoms with E-state index in [9.17, 15) is 27.9 Å². The second kappa shape index (κ2) is 8.12. The molecule has 3 aromatic rings. The fourth-order valence-electron chi connectivity index (χ4n) is 3.06. The molecule has 0 aliphatic heterocycles. The minimum Gasteiger partial charge on any atom is -0.481 e. The van der Waals surface area contributed by atoms with E-state index in [2.05, 4.69) is 4.99 Å². The van der Waals surface area contributed by atoms with Crippen LogP contribution < -0.4 is 0 Å². The van der Waals surface area contributed by atoms with Crippen molar-refractivity contribution in [3.8, 4) is 11.1 Å².